The molecule has 4 heteroatoms. The van der Waals surface area contributed by atoms with E-state index in [2.05, 4.69) is 22.6 Å². The zero-order valence-corrected chi connectivity index (χ0v) is 10.2. The summed E-state index contributed by atoms with van der Waals surface area (Å²) >= 11 is 0. The van der Waals surface area contributed by atoms with Crippen molar-refractivity contribution in [2.75, 3.05) is 20.2 Å². The van der Waals surface area contributed by atoms with Crippen LogP contribution in [0.3, 0.4) is 0 Å². The quantitative estimate of drug-likeness (QED) is 0.823. The van der Waals surface area contributed by atoms with Gasteiger partial charge in [-0.05, 0) is 30.5 Å². The molecule has 2 rings (SSSR count). The third kappa shape index (κ3) is 3.70. The predicted molar refractivity (Wildman–Crippen MR) is 66.6 cm³/mol. The standard InChI is InChI=1S/C13H20N2O2/c1-17-13-4-2-11(3-5-13)10-14-15-8-6-12(16)7-9-15/h2-5,12,14,16H,6-10H2,1H3. The summed E-state index contributed by atoms with van der Waals surface area (Å²) in [6.07, 6.45) is 1.60. The molecule has 94 valence electrons. The maximum absolute atomic E-state index is 9.40. The van der Waals surface area contributed by atoms with Crippen LogP contribution in [0, 0.1) is 0 Å². The van der Waals surface area contributed by atoms with Gasteiger partial charge in [0.2, 0.25) is 0 Å². The van der Waals surface area contributed by atoms with Crippen molar-refractivity contribution in [3.05, 3.63) is 29.8 Å². The van der Waals surface area contributed by atoms with E-state index in [9.17, 15) is 5.11 Å². The smallest absolute Gasteiger partial charge is 0.118 e. The van der Waals surface area contributed by atoms with E-state index in [4.69, 9.17) is 4.74 Å². The molecule has 0 aliphatic carbocycles. The van der Waals surface area contributed by atoms with Gasteiger partial charge in [0.05, 0.1) is 13.2 Å². The van der Waals surface area contributed by atoms with Crippen LogP contribution in [0.5, 0.6) is 5.75 Å². The van der Waals surface area contributed by atoms with E-state index in [-0.39, 0.29) is 6.10 Å². The zero-order chi connectivity index (χ0) is 12.1. The van der Waals surface area contributed by atoms with Crippen molar-refractivity contribution in [1.82, 2.24) is 10.4 Å². The summed E-state index contributed by atoms with van der Waals surface area (Å²) in [5, 5.41) is 11.6. The first-order valence-corrected chi connectivity index (χ1v) is 6.07. The third-order valence-corrected chi connectivity index (χ3v) is 3.13. The Morgan fingerprint density at radius 2 is 1.94 bits per heavy atom. The number of hydrazine groups is 1. The molecule has 1 fully saturated rings. The molecule has 0 spiro atoms. The molecule has 1 heterocycles. The van der Waals surface area contributed by atoms with Crippen molar-refractivity contribution in [3.63, 3.8) is 0 Å². The van der Waals surface area contributed by atoms with Crippen molar-refractivity contribution >= 4 is 0 Å². The van der Waals surface area contributed by atoms with Crippen LogP contribution in [0.1, 0.15) is 18.4 Å². The maximum atomic E-state index is 9.40. The number of nitrogens with one attached hydrogen (secondary N) is 1. The molecule has 0 aromatic heterocycles. The van der Waals surface area contributed by atoms with E-state index in [0.29, 0.717) is 0 Å². The number of piperidine rings is 1. The second-order valence-corrected chi connectivity index (χ2v) is 4.40. The topological polar surface area (TPSA) is 44.7 Å². The second kappa shape index (κ2) is 6.00. The Bertz CT molecular complexity index is 332. The van der Waals surface area contributed by atoms with Gasteiger partial charge in [0.1, 0.15) is 5.75 Å². The Balaban J connectivity index is 1.77. The fraction of sp³-hybridized carbons (Fsp3) is 0.538. The minimum absolute atomic E-state index is 0.117. The van der Waals surface area contributed by atoms with Crippen LogP contribution in [0.15, 0.2) is 24.3 Å². The van der Waals surface area contributed by atoms with E-state index in [0.717, 1.165) is 38.2 Å². The van der Waals surface area contributed by atoms with Gasteiger partial charge in [0.15, 0.2) is 0 Å². The number of benzene rings is 1. The number of aliphatic hydroxyl groups excluding tert-OH is 1. The highest BCUT2D eigenvalue weighted by Gasteiger charge is 2.15. The molecule has 0 radical (unpaired) electrons. The molecule has 1 aliphatic heterocycles. The molecule has 1 aromatic rings. The first kappa shape index (κ1) is 12.4. The summed E-state index contributed by atoms with van der Waals surface area (Å²) < 4.78 is 5.12. The Labute approximate surface area is 102 Å². The lowest BCUT2D eigenvalue weighted by Gasteiger charge is -2.29. The van der Waals surface area contributed by atoms with Gasteiger partial charge in [-0.3, -0.25) is 5.43 Å². The molecule has 0 bridgehead atoms. The third-order valence-electron chi connectivity index (χ3n) is 3.13. The first-order chi connectivity index (χ1) is 8.28. The number of hydrogen-bond donors (Lipinski definition) is 2. The number of nitrogens with zero attached hydrogens (tertiary/aromatic N) is 1. The highest BCUT2D eigenvalue weighted by atomic mass is 16.5. The lowest BCUT2D eigenvalue weighted by Crippen LogP contribution is -2.44. The molecule has 0 saturated carbocycles. The lowest BCUT2D eigenvalue weighted by molar-refractivity contribution is 0.0546. The van der Waals surface area contributed by atoms with Gasteiger partial charge in [-0.2, -0.15) is 0 Å². The van der Waals surface area contributed by atoms with E-state index in [1.54, 1.807) is 7.11 Å². The van der Waals surface area contributed by atoms with Gasteiger partial charge in [-0.25, -0.2) is 5.01 Å². The van der Waals surface area contributed by atoms with Gasteiger partial charge >= 0.3 is 0 Å². The lowest BCUT2D eigenvalue weighted by atomic mass is 10.1. The molecule has 1 saturated heterocycles. The largest absolute Gasteiger partial charge is 0.497 e. The van der Waals surface area contributed by atoms with Crippen molar-refractivity contribution in [1.29, 1.82) is 0 Å². The number of aliphatic hydroxyl groups is 1. The first-order valence-electron chi connectivity index (χ1n) is 6.07. The molecule has 2 N–H and O–H groups in total. The Hall–Kier alpha value is -1.10. The van der Waals surface area contributed by atoms with Crippen molar-refractivity contribution in [3.8, 4) is 5.75 Å². The van der Waals surface area contributed by atoms with Crippen LogP contribution >= 0.6 is 0 Å². The molecule has 0 amide bonds. The minimum Gasteiger partial charge on any atom is -0.497 e. The Morgan fingerprint density at radius 1 is 1.29 bits per heavy atom. The predicted octanol–water partition coefficient (Wildman–Crippen LogP) is 1.16. The van der Waals surface area contributed by atoms with Crippen LogP contribution in [0.2, 0.25) is 0 Å². The second-order valence-electron chi connectivity index (χ2n) is 4.40. The minimum atomic E-state index is -0.117. The summed E-state index contributed by atoms with van der Waals surface area (Å²) in [4.78, 5) is 0. The van der Waals surface area contributed by atoms with Crippen molar-refractivity contribution in [2.24, 2.45) is 0 Å². The van der Waals surface area contributed by atoms with Gasteiger partial charge in [0, 0.05) is 19.6 Å². The van der Waals surface area contributed by atoms with Crippen molar-refractivity contribution < 1.29 is 9.84 Å². The molecular formula is C13H20N2O2. The normalized spacial score (nSPS) is 18.2. The zero-order valence-electron chi connectivity index (χ0n) is 10.2. The van der Waals surface area contributed by atoms with Gasteiger partial charge in [-0.15, -0.1) is 0 Å². The summed E-state index contributed by atoms with van der Waals surface area (Å²) in [6.45, 7) is 2.65. The van der Waals surface area contributed by atoms with E-state index < -0.39 is 0 Å². The van der Waals surface area contributed by atoms with Crippen LogP contribution in [0.4, 0.5) is 0 Å². The Kier molecular flexibility index (Phi) is 4.36. The van der Waals surface area contributed by atoms with Crippen LogP contribution in [-0.4, -0.2) is 36.4 Å². The summed E-state index contributed by atoms with van der Waals surface area (Å²) in [5.74, 6) is 0.884. The van der Waals surface area contributed by atoms with Gasteiger partial charge < -0.3 is 9.84 Å². The van der Waals surface area contributed by atoms with E-state index >= 15 is 0 Å². The van der Waals surface area contributed by atoms with Crippen LogP contribution in [0.25, 0.3) is 0 Å². The molecule has 4 nitrogen and oxygen atoms in total. The molecule has 1 aliphatic rings. The number of rotatable bonds is 4. The fourth-order valence-corrected chi connectivity index (χ4v) is 1.97. The molecule has 17 heavy (non-hydrogen) atoms. The molecule has 0 atom stereocenters. The molecular weight excluding hydrogens is 216 g/mol. The highest BCUT2D eigenvalue weighted by Crippen LogP contribution is 2.12. The maximum Gasteiger partial charge on any atom is 0.118 e. The number of ether oxygens (including phenoxy) is 1. The summed E-state index contributed by atoms with van der Waals surface area (Å²) in [6, 6.07) is 8.06. The van der Waals surface area contributed by atoms with Crippen LogP contribution in [-0.2, 0) is 6.54 Å². The number of methoxy groups -OCH3 is 1. The van der Waals surface area contributed by atoms with E-state index in [1.807, 2.05) is 12.1 Å². The molecule has 1 aromatic carbocycles. The SMILES string of the molecule is COc1ccc(CNN2CCC(O)CC2)cc1. The average molecular weight is 236 g/mol. The Morgan fingerprint density at radius 3 is 2.53 bits per heavy atom. The summed E-state index contributed by atoms with van der Waals surface area (Å²) in [7, 11) is 1.67. The van der Waals surface area contributed by atoms with E-state index in [1.165, 1.54) is 5.56 Å². The number of hydrogen-bond acceptors (Lipinski definition) is 4. The fourth-order valence-electron chi connectivity index (χ4n) is 1.97. The monoisotopic (exact) mass is 236 g/mol. The van der Waals surface area contributed by atoms with Gasteiger partial charge in [-0.1, -0.05) is 12.1 Å². The van der Waals surface area contributed by atoms with Gasteiger partial charge in [0.25, 0.3) is 0 Å². The average Bonchev–Trinajstić information content (AvgIpc) is 2.39. The van der Waals surface area contributed by atoms with Crippen LogP contribution < -0.4 is 10.2 Å². The molecule has 0 unspecified atom stereocenters. The summed E-state index contributed by atoms with van der Waals surface area (Å²) in [5.41, 5.74) is 4.61. The van der Waals surface area contributed by atoms with Crippen molar-refractivity contribution in [2.45, 2.75) is 25.5 Å². The highest BCUT2D eigenvalue weighted by molar-refractivity contribution is 5.26.